The Kier molecular flexibility index (Phi) is 2.21. The molecule has 1 aromatic heterocycles. The van der Waals surface area contributed by atoms with Gasteiger partial charge in [0.25, 0.3) is 0 Å². The molecule has 0 fully saturated rings. The summed E-state index contributed by atoms with van der Waals surface area (Å²) in [6, 6.07) is 6.93. The Hall–Kier alpha value is -2.17. The summed E-state index contributed by atoms with van der Waals surface area (Å²) in [7, 11) is 0. The van der Waals surface area contributed by atoms with Crippen LogP contribution in [0, 0.1) is 0 Å². The molecule has 76 valence electrons. The highest BCUT2D eigenvalue weighted by atomic mass is 16.1. The van der Waals surface area contributed by atoms with Gasteiger partial charge in [0, 0.05) is 11.1 Å². The second kappa shape index (κ2) is 3.53. The smallest absolute Gasteiger partial charge is 0.295 e. The topological polar surface area (TPSA) is 78.6 Å². The lowest BCUT2D eigenvalue weighted by molar-refractivity contribution is 0.101. The highest BCUT2D eigenvalue weighted by molar-refractivity contribution is 5.95. The summed E-state index contributed by atoms with van der Waals surface area (Å²) >= 11 is 0. The van der Waals surface area contributed by atoms with Crippen LogP contribution in [0.2, 0.25) is 0 Å². The maximum absolute atomic E-state index is 11.1. The first-order valence-electron chi connectivity index (χ1n) is 4.43. The maximum Gasteiger partial charge on any atom is 0.340 e. The van der Waals surface area contributed by atoms with E-state index in [-0.39, 0.29) is 11.5 Å². The van der Waals surface area contributed by atoms with Crippen molar-refractivity contribution >= 4 is 5.78 Å². The number of carbonyl (C=O) groups excluding carboxylic acids is 1. The Balaban J connectivity index is 2.49. The third kappa shape index (κ3) is 1.85. The number of aromatic amines is 2. The second-order valence-corrected chi connectivity index (χ2v) is 3.16. The molecule has 0 amide bonds. The van der Waals surface area contributed by atoms with Crippen LogP contribution < -0.4 is 5.69 Å². The molecule has 0 spiro atoms. The molecule has 5 heteroatoms. The third-order valence-corrected chi connectivity index (χ3v) is 2.04. The minimum Gasteiger partial charge on any atom is -0.295 e. The lowest BCUT2D eigenvalue weighted by Gasteiger charge is -1.98. The molecule has 0 aliphatic heterocycles. The van der Waals surface area contributed by atoms with Crippen LogP contribution in [-0.2, 0) is 0 Å². The molecule has 0 radical (unpaired) electrons. The van der Waals surface area contributed by atoms with Crippen molar-refractivity contribution in [3.05, 3.63) is 40.3 Å². The number of aromatic nitrogens is 3. The van der Waals surface area contributed by atoms with Gasteiger partial charge in [-0.2, -0.15) is 5.10 Å². The first-order valence-corrected chi connectivity index (χ1v) is 4.43. The van der Waals surface area contributed by atoms with Gasteiger partial charge in [0.1, 0.15) is 0 Å². The molecule has 0 aliphatic carbocycles. The zero-order valence-corrected chi connectivity index (χ0v) is 8.07. The zero-order valence-electron chi connectivity index (χ0n) is 8.07. The fourth-order valence-electron chi connectivity index (χ4n) is 1.29. The van der Waals surface area contributed by atoms with Gasteiger partial charge in [-0.15, -0.1) is 0 Å². The number of Topliss-reactive ketones (excluding diaryl/α,β-unsaturated/α-hetero) is 1. The predicted octanol–water partition coefficient (Wildman–Crippen LogP) is 0.968. The molecule has 2 N–H and O–H groups in total. The molecular weight excluding hydrogens is 194 g/mol. The molecule has 0 atom stereocenters. The first kappa shape index (κ1) is 9.39. The van der Waals surface area contributed by atoms with E-state index >= 15 is 0 Å². The Bertz CT molecular complexity index is 554. The molecule has 0 unspecified atom stereocenters. The lowest BCUT2D eigenvalue weighted by Crippen LogP contribution is -2.00. The number of benzene rings is 1. The standard InChI is InChI=1S/C10H9N3O2/c1-6(14)7-3-2-4-8(5-7)9-11-10(15)13-12-9/h2-5H,1H3,(H2,11,12,13,15). The van der Waals surface area contributed by atoms with E-state index in [1.165, 1.54) is 6.92 Å². The van der Waals surface area contributed by atoms with Crippen LogP contribution >= 0.6 is 0 Å². The predicted molar refractivity (Wildman–Crippen MR) is 54.6 cm³/mol. The highest BCUT2D eigenvalue weighted by Crippen LogP contribution is 2.14. The third-order valence-electron chi connectivity index (χ3n) is 2.04. The van der Waals surface area contributed by atoms with Gasteiger partial charge in [0.05, 0.1) is 0 Å². The monoisotopic (exact) mass is 203 g/mol. The van der Waals surface area contributed by atoms with Crippen LogP contribution in [0.4, 0.5) is 0 Å². The minimum absolute atomic E-state index is 0.0188. The van der Waals surface area contributed by atoms with E-state index in [9.17, 15) is 9.59 Å². The van der Waals surface area contributed by atoms with Crippen LogP contribution in [0.1, 0.15) is 17.3 Å². The van der Waals surface area contributed by atoms with Gasteiger partial charge in [-0.3, -0.25) is 9.78 Å². The number of hydrogen-bond acceptors (Lipinski definition) is 3. The number of ketones is 1. The van der Waals surface area contributed by atoms with Crippen molar-refractivity contribution in [1.82, 2.24) is 15.2 Å². The summed E-state index contributed by atoms with van der Waals surface area (Å²) < 4.78 is 0. The summed E-state index contributed by atoms with van der Waals surface area (Å²) in [6.07, 6.45) is 0. The maximum atomic E-state index is 11.1. The van der Waals surface area contributed by atoms with Crippen LogP contribution in [-0.4, -0.2) is 21.0 Å². The number of rotatable bonds is 2. The van der Waals surface area contributed by atoms with E-state index in [0.29, 0.717) is 17.0 Å². The summed E-state index contributed by atoms with van der Waals surface area (Å²) in [5.41, 5.74) is 0.940. The van der Waals surface area contributed by atoms with Gasteiger partial charge in [-0.1, -0.05) is 18.2 Å². The van der Waals surface area contributed by atoms with Crippen molar-refractivity contribution in [2.24, 2.45) is 0 Å². The van der Waals surface area contributed by atoms with Gasteiger partial charge in [0.15, 0.2) is 11.6 Å². The quantitative estimate of drug-likeness (QED) is 0.714. The molecule has 5 nitrogen and oxygen atoms in total. The molecule has 1 aromatic carbocycles. The molecule has 0 saturated carbocycles. The van der Waals surface area contributed by atoms with Crippen molar-refractivity contribution in [2.45, 2.75) is 6.92 Å². The SMILES string of the molecule is CC(=O)c1cccc(-c2n[nH]c(=O)[nH]2)c1. The van der Waals surface area contributed by atoms with E-state index in [0.717, 1.165) is 0 Å². The average molecular weight is 203 g/mol. The van der Waals surface area contributed by atoms with Crippen LogP contribution in [0.3, 0.4) is 0 Å². The van der Waals surface area contributed by atoms with E-state index < -0.39 is 0 Å². The summed E-state index contributed by atoms with van der Waals surface area (Å²) in [5.74, 6) is 0.415. The minimum atomic E-state index is -0.363. The van der Waals surface area contributed by atoms with Crippen molar-refractivity contribution in [1.29, 1.82) is 0 Å². The summed E-state index contributed by atoms with van der Waals surface area (Å²) in [6.45, 7) is 1.49. The van der Waals surface area contributed by atoms with Crippen LogP contribution in [0.25, 0.3) is 11.4 Å². The largest absolute Gasteiger partial charge is 0.340 e. The fourth-order valence-corrected chi connectivity index (χ4v) is 1.29. The van der Waals surface area contributed by atoms with Crippen molar-refractivity contribution in [3.63, 3.8) is 0 Å². The number of carbonyl (C=O) groups is 1. The molecule has 1 heterocycles. The lowest BCUT2D eigenvalue weighted by atomic mass is 10.1. The first-order chi connectivity index (χ1) is 7.16. The molecule has 2 rings (SSSR count). The molecule has 15 heavy (non-hydrogen) atoms. The van der Waals surface area contributed by atoms with Crippen molar-refractivity contribution in [2.75, 3.05) is 0 Å². The fraction of sp³-hybridized carbons (Fsp3) is 0.100. The average Bonchev–Trinajstić information content (AvgIpc) is 2.65. The Labute approximate surface area is 85.2 Å². The molecule has 0 aliphatic rings. The summed E-state index contributed by atoms with van der Waals surface area (Å²) in [4.78, 5) is 24.5. The van der Waals surface area contributed by atoms with E-state index in [4.69, 9.17) is 0 Å². The molecule has 2 aromatic rings. The van der Waals surface area contributed by atoms with Gasteiger partial charge >= 0.3 is 5.69 Å². The van der Waals surface area contributed by atoms with Crippen LogP contribution in [0.15, 0.2) is 29.1 Å². The number of nitrogens with one attached hydrogen (secondary N) is 2. The molecule has 0 saturated heterocycles. The summed E-state index contributed by atoms with van der Waals surface area (Å²) in [5, 5.41) is 6.05. The van der Waals surface area contributed by atoms with Crippen molar-refractivity contribution < 1.29 is 4.79 Å². The highest BCUT2D eigenvalue weighted by Gasteiger charge is 2.04. The number of nitrogens with zero attached hydrogens (tertiary/aromatic N) is 1. The normalized spacial score (nSPS) is 10.2. The molecular formula is C10H9N3O2. The van der Waals surface area contributed by atoms with Gasteiger partial charge < -0.3 is 0 Å². The Morgan fingerprint density at radius 1 is 1.40 bits per heavy atom. The second-order valence-electron chi connectivity index (χ2n) is 3.16. The van der Waals surface area contributed by atoms with Crippen molar-refractivity contribution in [3.8, 4) is 11.4 Å². The Morgan fingerprint density at radius 2 is 2.20 bits per heavy atom. The Morgan fingerprint density at radius 3 is 2.80 bits per heavy atom. The van der Waals surface area contributed by atoms with Gasteiger partial charge in [-0.25, -0.2) is 9.89 Å². The van der Waals surface area contributed by atoms with Gasteiger partial charge in [0.2, 0.25) is 0 Å². The van der Waals surface area contributed by atoms with E-state index in [1.54, 1.807) is 24.3 Å². The number of hydrogen-bond donors (Lipinski definition) is 2. The molecule has 0 bridgehead atoms. The van der Waals surface area contributed by atoms with Gasteiger partial charge in [-0.05, 0) is 13.0 Å². The zero-order chi connectivity index (χ0) is 10.8. The van der Waals surface area contributed by atoms with Crippen LogP contribution in [0.5, 0.6) is 0 Å². The van der Waals surface area contributed by atoms with E-state index in [1.807, 2.05) is 0 Å². The van der Waals surface area contributed by atoms with E-state index in [2.05, 4.69) is 15.2 Å². The number of H-pyrrole nitrogens is 2.